The van der Waals surface area contributed by atoms with Gasteiger partial charge in [-0.3, -0.25) is 9.59 Å². The van der Waals surface area contributed by atoms with Crippen LogP contribution in [0.15, 0.2) is 24.3 Å². The number of aliphatic carboxylic acids is 2. The van der Waals surface area contributed by atoms with Crippen LogP contribution in [0.3, 0.4) is 0 Å². The summed E-state index contributed by atoms with van der Waals surface area (Å²) in [5, 5.41) is 17.2. The Balaban J connectivity index is 0.00000196. The molecule has 0 aliphatic carbocycles. The third-order valence-electron chi connectivity index (χ3n) is 1.80. The van der Waals surface area contributed by atoms with E-state index < -0.39 is 11.9 Å². The van der Waals surface area contributed by atoms with Gasteiger partial charge in [0.15, 0.2) is 0 Å². The van der Waals surface area contributed by atoms with Crippen molar-refractivity contribution < 1.29 is 32.2 Å². The Labute approximate surface area is 93.0 Å². The van der Waals surface area contributed by atoms with Crippen molar-refractivity contribution in [1.29, 1.82) is 0 Å². The van der Waals surface area contributed by atoms with E-state index in [0.717, 1.165) is 0 Å². The summed E-state index contributed by atoms with van der Waals surface area (Å²) >= 11 is 0. The second-order valence-electron chi connectivity index (χ2n) is 2.91. The van der Waals surface area contributed by atoms with Crippen molar-refractivity contribution in [1.82, 2.24) is 0 Å². The summed E-state index contributed by atoms with van der Waals surface area (Å²) in [7, 11) is 0. The van der Waals surface area contributed by atoms with Gasteiger partial charge in [-0.25, -0.2) is 0 Å². The molecule has 0 saturated carbocycles. The van der Waals surface area contributed by atoms with Crippen molar-refractivity contribution in [2.75, 3.05) is 0 Å². The fourth-order valence-corrected chi connectivity index (χ4v) is 1.23. The smallest absolute Gasteiger partial charge is 0.307 e. The van der Waals surface area contributed by atoms with E-state index in [1.807, 2.05) is 0 Å². The highest BCUT2D eigenvalue weighted by Gasteiger charge is 2.08. The van der Waals surface area contributed by atoms with E-state index in [1.165, 1.54) is 0 Å². The first kappa shape index (κ1) is 13.4. The lowest BCUT2D eigenvalue weighted by Crippen LogP contribution is -3.00. The van der Waals surface area contributed by atoms with Crippen LogP contribution in [0.4, 0.5) is 0 Å². The van der Waals surface area contributed by atoms with Crippen molar-refractivity contribution in [3.63, 3.8) is 0 Å². The molecular formula is C10H10ClO4-. The van der Waals surface area contributed by atoms with Crippen molar-refractivity contribution in [2.24, 2.45) is 0 Å². The minimum absolute atomic E-state index is 0. The molecule has 0 heterocycles. The van der Waals surface area contributed by atoms with Gasteiger partial charge in [0.1, 0.15) is 0 Å². The molecule has 1 aromatic carbocycles. The summed E-state index contributed by atoms with van der Waals surface area (Å²) in [4.78, 5) is 20.9. The van der Waals surface area contributed by atoms with E-state index in [1.54, 1.807) is 24.3 Å². The first-order valence-electron chi connectivity index (χ1n) is 4.10. The van der Waals surface area contributed by atoms with E-state index >= 15 is 0 Å². The zero-order valence-electron chi connectivity index (χ0n) is 7.81. The maximum absolute atomic E-state index is 10.5. The Morgan fingerprint density at radius 2 is 1.27 bits per heavy atom. The third-order valence-corrected chi connectivity index (χ3v) is 1.80. The molecule has 0 atom stereocenters. The van der Waals surface area contributed by atoms with Gasteiger partial charge in [-0.15, -0.1) is 0 Å². The van der Waals surface area contributed by atoms with Gasteiger partial charge < -0.3 is 22.6 Å². The standard InChI is InChI=1S/C10H10O4.ClH/c11-9(12)5-7-3-1-2-4-8(7)6-10(13)14;/h1-4H,5-6H2,(H,11,12)(H,13,14);1H/p-1. The second-order valence-corrected chi connectivity index (χ2v) is 2.91. The summed E-state index contributed by atoms with van der Waals surface area (Å²) in [6.07, 6.45) is -0.271. The summed E-state index contributed by atoms with van der Waals surface area (Å²) in [6, 6.07) is 6.66. The van der Waals surface area contributed by atoms with Gasteiger partial charge in [-0.2, -0.15) is 0 Å². The molecule has 0 aromatic heterocycles. The van der Waals surface area contributed by atoms with E-state index in [0.29, 0.717) is 11.1 Å². The Morgan fingerprint density at radius 3 is 1.53 bits per heavy atom. The fraction of sp³-hybridized carbons (Fsp3) is 0.200. The average molecular weight is 230 g/mol. The quantitative estimate of drug-likeness (QED) is 0.623. The monoisotopic (exact) mass is 229 g/mol. The highest BCUT2D eigenvalue weighted by Crippen LogP contribution is 2.10. The number of carbonyl (C=O) groups is 2. The van der Waals surface area contributed by atoms with Crippen LogP contribution < -0.4 is 12.4 Å². The maximum atomic E-state index is 10.5. The van der Waals surface area contributed by atoms with E-state index in [-0.39, 0.29) is 25.2 Å². The van der Waals surface area contributed by atoms with E-state index in [2.05, 4.69) is 0 Å². The minimum Gasteiger partial charge on any atom is -1.00 e. The molecule has 5 heteroatoms. The molecule has 0 amide bonds. The lowest BCUT2D eigenvalue weighted by Gasteiger charge is -2.04. The Morgan fingerprint density at radius 1 is 0.933 bits per heavy atom. The molecule has 0 unspecified atom stereocenters. The molecule has 1 rings (SSSR count). The molecule has 1 aromatic rings. The highest BCUT2D eigenvalue weighted by molar-refractivity contribution is 5.74. The van der Waals surface area contributed by atoms with Crippen molar-refractivity contribution >= 4 is 11.9 Å². The molecular weight excluding hydrogens is 220 g/mol. The van der Waals surface area contributed by atoms with Crippen LogP contribution in [0.5, 0.6) is 0 Å². The predicted octanol–water partition coefficient (Wildman–Crippen LogP) is -2.06. The van der Waals surface area contributed by atoms with Gasteiger partial charge in [-0.1, -0.05) is 24.3 Å². The number of benzene rings is 1. The van der Waals surface area contributed by atoms with Gasteiger partial charge in [0, 0.05) is 0 Å². The molecule has 82 valence electrons. The van der Waals surface area contributed by atoms with Crippen LogP contribution in [-0.2, 0) is 22.4 Å². The third kappa shape index (κ3) is 4.46. The molecule has 4 nitrogen and oxygen atoms in total. The van der Waals surface area contributed by atoms with Crippen LogP contribution in [0.1, 0.15) is 11.1 Å². The fourth-order valence-electron chi connectivity index (χ4n) is 1.23. The number of hydrogen-bond acceptors (Lipinski definition) is 2. The topological polar surface area (TPSA) is 74.6 Å². The normalized spacial score (nSPS) is 9.07. The van der Waals surface area contributed by atoms with Crippen molar-refractivity contribution in [3.8, 4) is 0 Å². The molecule has 0 aliphatic heterocycles. The van der Waals surface area contributed by atoms with Crippen molar-refractivity contribution in [2.45, 2.75) is 12.8 Å². The predicted molar refractivity (Wildman–Crippen MR) is 49.1 cm³/mol. The highest BCUT2D eigenvalue weighted by atomic mass is 35.5. The van der Waals surface area contributed by atoms with Gasteiger partial charge >= 0.3 is 11.9 Å². The summed E-state index contributed by atoms with van der Waals surface area (Å²) in [5.41, 5.74) is 1.12. The molecule has 2 N–H and O–H groups in total. The molecule has 0 saturated heterocycles. The van der Waals surface area contributed by atoms with Gasteiger partial charge in [0.05, 0.1) is 12.8 Å². The van der Waals surface area contributed by atoms with Crippen LogP contribution in [0.25, 0.3) is 0 Å². The number of carboxylic acid groups (broad SMARTS) is 2. The zero-order valence-corrected chi connectivity index (χ0v) is 8.57. The zero-order chi connectivity index (χ0) is 10.6. The van der Waals surface area contributed by atoms with Crippen LogP contribution in [0, 0.1) is 0 Å². The Kier molecular flexibility index (Phi) is 5.41. The molecule has 0 bridgehead atoms. The summed E-state index contributed by atoms with van der Waals surface area (Å²) < 4.78 is 0. The van der Waals surface area contributed by atoms with Crippen LogP contribution in [0.2, 0.25) is 0 Å². The lowest BCUT2D eigenvalue weighted by atomic mass is 10.0. The number of carboxylic acids is 2. The van der Waals surface area contributed by atoms with E-state index in [4.69, 9.17) is 10.2 Å². The molecule has 0 radical (unpaired) electrons. The first-order valence-corrected chi connectivity index (χ1v) is 4.10. The average Bonchev–Trinajstić information content (AvgIpc) is 2.06. The Bertz CT molecular complexity index is 327. The molecule has 15 heavy (non-hydrogen) atoms. The van der Waals surface area contributed by atoms with Gasteiger partial charge in [0.2, 0.25) is 0 Å². The SMILES string of the molecule is O=C(O)Cc1ccccc1CC(=O)O.[Cl-]. The minimum atomic E-state index is -0.956. The lowest BCUT2D eigenvalue weighted by molar-refractivity contribution is -0.137. The molecule has 0 aliphatic rings. The van der Waals surface area contributed by atoms with Gasteiger partial charge in [0.25, 0.3) is 0 Å². The van der Waals surface area contributed by atoms with Gasteiger partial charge in [-0.05, 0) is 11.1 Å². The van der Waals surface area contributed by atoms with Crippen LogP contribution >= 0.6 is 0 Å². The first-order chi connectivity index (χ1) is 6.59. The Hall–Kier alpha value is -1.55. The maximum Gasteiger partial charge on any atom is 0.307 e. The van der Waals surface area contributed by atoms with Crippen molar-refractivity contribution in [3.05, 3.63) is 35.4 Å². The number of hydrogen-bond donors (Lipinski definition) is 2. The van der Waals surface area contributed by atoms with E-state index in [9.17, 15) is 9.59 Å². The second kappa shape index (κ2) is 6.03. The number of rotatable bonds is 4. The van der Waals surface area contributed by atoms with Crippen LogP contribution in [-0.4, -0.2) is 22.2 Å². The molecule has 0 fully saturated rings. The summed E-state index contributed by atoms with van der Waals surface area (Å²) in [5.74, 6) is -1.91. The molecule has 0 spiro atoms. The summed E-state index contributed by atoms with van der Waals surface area (Å²) in [6.45, 7) is 0. The number of halogens is 1. The largest absolute Gasteiger partial charge is 1.00 e.